The summed E-state index contributed by atoms with van der Waals surface area (Å²) in [7, 11) is 1.25. The summed E-state index contributed by atoms with van der Waals surface area (Å²) in [6.07, 6.45) is -1.09. The molecule has 2 atom stereocenters. The van der Waals surface area contributed by atoms with Gasteiger partial charge in [-0.05, 0) is 24.6 Å². The third-order valence-corrected chi connectivity index (χ3v) is 2.76. The predicted octanol–water partition coefficient (Wildman–Crippen LogP) is 1.15. The molecule has 0 aliphatic carbocycles. The van der Waals surface area contributed by atoms with Gasteiger partial charge in [-0.3, -0.25) is 4.79 Å². The van der Waals surface area contributed by atoms with Gasteiger partial charge >= 0.3 is 5.97 Å². The number of halogens is 1. The molecule has 0 spiro atoms. The molecule has 0 aliphatic heterocycles. The molecule has 1 amide bonds. The number of benzene rings is 1. The number of aliphatic carboxylic acids is 1. The van der Waals surface area contributed by atoms with Gasteiger partial charge in [-0.25, -0.2) is 9.18 Å². The fraction of sp³-hybridized carbons (Fsp3) is 0.385. The number of hydrogen-bond acceptors (Lipinski definition) is 3. The third kappa shape index (κ3) is 4.33. The number of ether oxygens (including phenoxy) is 1. The molecule has 0 aliphatic rings. The van der Waals surface area contributed by atoms with Gasteiger partial charge in [0.25, 0.3) is 0 Å². The van der Waals surface area contributed by atoms with Crippen molar-refractivity contribution in [2.24, 2.45) is 0 Å². The standard InChI is InChI=1S/C13H16FNO4/c1-8(9-4-3-5-10(14)6-9)12(16)15-7-11(19-2)13(17)18/h3-6,8,11H,7H2,1-2H3,(H,15,16)(H,17,18). The van der Waals surface area contributed by atoms with E-state index in [0.717, 1.165) is 0 Å². The van der Waals surface area contributed by atoms with Crippen molar-refractivity contribution >= 4 is 11.9 Å². The zero-order chi connectivity index (χ0) is 14.4. The van der Waals surface area contributed by atoms with E-state index in [2.05, 4.69) is 5.32 Å². The van der Waals surface area contributed by atoms with Crippen molar-refractivity contribution in [1.82, 2.24) is 5.32 Å². The molecule has 0 aromatic heterocycles. The van der Waals surface area contributed by atoms with E-state index in [9.17, 15) is 14.0 Å². The maximum atomic E-state index is 13.0. The van der Waals surface area contributed by atoms with E-state index in [1.807, 2.05) is 0 Å². The number of carboxylic acids is 1. The molecule has 5 nitrogen and oxygen atoms in total. The molecule has 6 heteroatoms. The normalized spacial score (nSPS) is 13.6. The summed E-state index contributed by atoms with van der Waals surface area (Å²) < 4.78 is 17.7. The molecular weight excluding hydrogens is 253 g/mol. The first-order chi connectivity index (χ1) is 8.95. The first kappa shape index (κ1) is 15.1. The van der Waals surface area contributed by atoms with Crippen LogP contribution in [0.2, 0.25) is 0 Å². The summed E-state index contributed by atoms with van der Waals surface area (Å²) in [4.78, 5) is 22.5. The molecule has 2 N–H and O–H groups in total. The molecular formula is C13H16FNO4. The van der Waals surface area contributed by atoms with Crippen molar-refractivity contribution in [3.63, 3.8) is 0 Å². The van der Waals surface area contributed by atoms with Crippen molar-refractivity contribution in [2.45, 2.75) is 18.9 Å². The molecule has 0 saturated carbocycles. The largest absolute Gasteiger partial charge is 0.479 e. The average molecular weight is 269 g/mol. The van der Waals surface area contributed by atoms with E-state index in [0.29, 0.717) is 5.56 Å². The maximum Gasteiger partial charge on any atom is 0.334 e. The summed E-state index contributed by atoms with van der Waals surface area (Å²) >= 11 is 0. The van der Waals surface area contributed by atoms with Crippen LogP contribution < -0.4 is 5.32 Å². The van der Waals surface area contributed by atoms with Crippen LogP contribution in [0.3, 0.4) is 0 Å². The highest BCUT2D eigenvalue weighted by Crippen LogP contribution is 2.16. The minimum absolute atomic E-state index is 0.135. The minimum atomic E-state index is -1.15. The quantitative estimate of drug-likeness (QED) is 0.812. The second kappa shape index (κ2) is 6.84. The monoisotopic (exact) mass is 269 g/mol. The number of methoxy groups -OCH3 is 1. The Morgan fingerprint density at radius 3 is 2.68 bits per heavy atom. The van der Waals surface area contributed by atoms with Crippen molar-refractivity contribution in [1.29, 1.82) is 0 Å². The Labute approximate surface area is 110 Å². The molecule has 0 radical (unpaired) electrons. The summed E-state index contributed by atoms with van der Waals surface area (Å²) in [5.41, 5.74) is 0.529. The van der Waals surface area contributed by atoms with E-state index in [-0.39, 0.29) is 12.5 Å². The molecule has 0 fully saturated rings. The van der Waals surface area contributed by atoms with E-state index < -0.39 is 23.8 Å². The minimum Gasteiger partial charge on any atom is -0.479 e. The topological polar surface area (TPSA) is 75.6 Å². The van der Waals surface area contributed by atoms with Crippen molar-refractivity contribution < 1.29 is 23.8 Å². The highest BCUT2D eigenvalue weighted by molar-refractivity contribution is 5.84. The van der Waals surface area contributed by atoms with Crippen LogP contribution in [0.25, 0.3) is 0 Å². The number of rotatable bonds is 6. The van der Waals surface area contributed by atoms with Gasteiger partial charge in [-0.1, -0.05) is 12.1 Å². The third-order valence-electron chi connectivity index (χ3n) is 2.76. The predicted molar refractivity (Wildman–Crippen MR) is 66.3 cm³/mol. The first-order valence-electron chi connectivity index (χ1n) is 5.74. The van der Waals surface area contributed by atoms with Gasteiger partial charge in [-0.2, -0.15) is 0 Å². The number of amides is 1. The van der Waals surface area contributed by atoms with Crippen LogP contribution >= 0.6 is 0 Å². The van der Waals surface area contributed by atoms with Crippen molar-refractivity contribution in [2.75, 3.05) is 13.7 Å². The van der Waals surface area contributed by atoms with Crippen LogP contribution in [0.15, 0.2) is 24.3 Å². The van der Waals surface area contributed by atoms with Crippen LogP contribution in [0.5, 0.6) is 0 Å². The Morgan fingerprint density at radius 1 is 1.47 bits per heavy atom. The Kier molecular flexibility index (Phi) is 5.44. The van der Waals surface area contributed by atoms with Gasteiger partial charge < -0.3 is 15.2 Å². The number of nitrogens with one attached hydrogen (secondary N) is 1. The second-order valence-corrected chi connectivity index (χ2v) is 4.08. The zero-order valence-electron chi connectivity index (χ0n) is 10.7. The fourth-order valence-electron chi connectivity index (χ4n) is 1.55. The summed E-state index contributed by atoms with van der Waals surface area (Å²) in [5, 5.41) is 11.2. The molecule has 0 bridgehead atoms. The average Bonchev–Trinajstić information content (AvgIpc) is 2.38. The van der Waals surface area contributed by atoms with Gasteiger partial charge in [0.15, 0.2) is 6.10 Å². The number of carbonyl (C=O) groups excluding carboxylic acids is 1. The Hall–Kier alpha value is -1.95. The highest BCUT2D eigenvalue weighted by Gasteiger charge is 2.20. The Balaban J connectivity index is 2.61. The first-order valence-corrected chi connectivity index (χ1v) is 5.74. The molecule has 104 valence electrons. The molecule has 1 aromatic carbocycles. The molecule has 2 unspecified atom stereocenters. The van der Waals surface area contributed by atoms with Gasteiger partial charge in [0.05, 0.1) is 12.5 Å². The van der Waals surface area contributed by atoms with Crippen LogP contribution in [-0.4, -0.2) is 36.7 Å². The number of hydrogen-bond donors (Lipinski definition) is 2. The maximum absolute atomic E-state index is 13.0. The van der Waals surface area contributed by atoms with Crippen LogP contribution in [0, 0.1) is 5.82 Å². The van der Waals surface area contributed by atoms with Crippen LogP contribution in [0.1, 0.15) is 18.4 Å². The van der Waals surface area contributed by atoms with Crippen LogP contribution in [-0.2, 0) is 14.3 Å². The molecule has 1 aromatic rings. The lowest BCUT2D eigenvalue weighted by atomic mass is 10.0. The fourth-order valence-corrected chi connectivity index (χ4v) is 1.55. The van der Waals surface area contributed by atoms with Crippen molar-refractivity contribution in [3.05, 3.63) is 35.6 Å². The van der Waals surface area contributed by atoms with Gasteiger partial charge in [0.2, 0.25) is 5.91 Å². The second-order valence-electron chi connectivity index (χ2n) is 4.08. The lowest BCUT2D eigenvalue weighted by molar-refractivity contribution is -0.148. The van der Waals surface area contributed by atoms with E-state index in [4.69, 9.17) is 9.84 Å². The Bertz CT molecular complexity index is 464. The number of carboxylic acid groups (broad SMARTS) is 1. The van der Waals surface area contributed by atoms with Gasteiger partial charge in [-0.15, -0.1) is 0 Å². The smallest absolute Gasteiger partial charge is 0.334 e. The molecule has 0 saturated heterocycles. The molecule has 1 rings (SSSR count). The lowest BCUT2D eigenvalue weighted by Crippen LogP contribution is -2.39. The van der Waals surface area contributed by atoms with Crippen LogP contribution in [0.4, 0.5) is 4.39 Å². The van der Waals surface area contributed by atoms with E-state index in [1.54, 1.807) is 13.0 Å². The Morgan fingerprint density at radius 2 is 2.16 bits per heavy atom. The summed E-state index contributed by atoms with van der Waals surface area (Å²) in [6.45, 7) is 1.48. The summed E-state index contributed by atoms with van der Waals surface area (Å²) in [6, 6.07) is 5.72. The van der Waals surface area contributed by atoms with Gasteiger partial charge in [0.1, 0.15) is 5.82 Å². The lowest BCUT2D eigenvalue weighted by Gasteiger charge is -2.15. The molecule has 19 heavy (non-hydrogen) atoms. The number of carbonyl (C=O) groups is 2. The SMILES string of the molecule is COC(CNC(=O)C(C)c1cccc(F)c1)C(=O)O. The van der Waals surface area contributed by atoms with Crippen molar-refractivity contribution in [3.8, 4) is 0 Å². The van der Waals surface area contributed by atoms with E-state index >= 15 is 0 Å². The van der Waals surface area contributed by atoms with Gasteiger partial charge in [0, 0.05) is 7.11 Å². The zero-order valence-corrected chi connectivity index (χ0v) is 10.7. The summed E-state index contributed by atoms with van der Waals surface area (Å²) in [5.74, 6) is -2.52. The van der Waals surface area contributed by atoms with E-state index in [1.165, 1.54) is 25.3 Å². The molecule has 0 heterocycles. The highest BCUT2D eigenvalue weighted by atomic mass is 19.1.